The number of anilines is 1. The van der Waals surface area contributed by atoms with E-state index in [9.17, 15) is 9.90 Å². The highest BCUT2D eigenvalue weighted by atomic mass is 16.3. The summed E-state index contributed by atoms with van der Waals surface area (Å²) in [6.45, 7) is 2.51. The lowest BCUT2D eigenvalue weighted by Gasteiger charge is -2.29. The molecule has 2 aromatic carbocycles. The number of carbonyl (C=O) groups excluding carboxylic acids is 1. The standard InChI is InChI=1S/C18H22N2O2/c21-15-8-11-20(12-9-15)13-10-18(22)19-17-7-3-5-14-4-1-2-6-16(14)17/h1-7,15,21H,8-13H2,(H,19,22). The fraction of sp³-hybridized carbons (Fsp3) is 0.389. The van der Waals surface area contributed by atoms with Gasteiger partial charge in [0.2, 0.25) is 5.91 Å². The molecule has 0 bridgehead atoms. The normalized spacial score (nSPS) is 16.8. The van der Waals surface area contributed by atoms with Crippen molar-refractivity contribution in [1.29, 1.82) is 0 Å². The number of nitrogens with one attached hydrogen (secondary N) is 1. The Hall–Kier alpha value is -1.91. The molecule has 22 heavy (non-hydrogen) atoms. The number of likely N-dealkylation sites (tertiary alicyclic amines) is 1. The summed E-state index contributed by atoms with van der Waals surface area (Å²) in [5, 5.41) is 14.7. The van der Waals surface area contributed by atoms with Crippen LogP contribution in [-0.2, 0) is 4.79 Å². The molecule has 0 aromatic heterocycles. The summed E-state index contributed by atoms with van der Waals surface area (Å²) in [5.41, 5.74) is 0.872. The lowest BCUT2D eigenvalue weighted by atomic mass is 10.1. The molecule has 1 aliphatic rings. The Bertz CT molecular complexity index is 643. The van der Waals surface area contributed by atoms with Gasteiger partial charge in [0.25, 0.3) is 0 Å². The van der Waals surface area contributed by atoms with Gasteiger partial charge in [-0.2, -0.15) is 0 Å². The van der Waals surface area contributed by atoms with E-state index in [-0.39, 0.29) is 12.0 Å². The van der Waals surface area contributed by atoms with Crippen molar-refractivity contribution < 1.29 is 9.90 Å². The maximum atomic E-state index is 12.2. The number of benzene rings is 2. The van der Waals surface area contributed by atoms with E-state index in [1.807, 2.05) is 42.5 Å². The zero-order valence-corrected chi connectivity index (χ0v) is 12.7. The molecule has 0 aliphatic carbocycles. The van der Waals surface area contributed by atoms with E-state index in [0.717, 1.165) is 48.9 Å². The monoisotopic (exact) mass is 298 g/mol. The molecule has 4 nitrogen and oxygen atoms in total. The molecule has 3 rings (SSSR count). The molecule has 2 aromatic rings. The molecule has 1 aliphatic heterocycles. The summed E-state index contributed by atoms with van der Waals surface area (Å²) in [4.78, 5) is 14.4. The molecule has 0 radical (unpaired) electrons. The van der Waals surface area contributed by atoms with Gasteiger partial charge in [-0.3, -0.25) is 4.79 Å². The van der Waals surface area contributed by atoms with E-state index in [4.69, 9.17) is 0 Å². The number of hydrogen-bond acceptors (Lipinski definition) is 3. The number of aliphatic hydroxyl groups excluding tert-OH is 1. The van der Waals surface area contributed by atoms with Gasteiger partial charge in [0, 0.05) is 37.1 Å². The second-order valence-electron chi connectivity index (χ2n) is 5.90. The van der Waals surface area contributed by atoms with Gasteiger partial charge < -0.3 is 15.3 Å². The Balaban J connectivity index is 1.57. The minimum Gasteiger partial charge on any atom is -0.393 e. The van der Waals surface area contributed by atoms with Gasteiger partial charge in [-0.25, -0.2) is 0 Å². The molecule has 0 unspecified atom stereocenters. The van der Waals surface area contributed by atoms with Crippen LogP contribution in [-0.4, -0.2) is 41.7 Å². The zero-order chi connectivity index (χ0) is 15.4. The first-order chi connectivity index (χ1) is 10.7. The third-order valence-corrected chi connectivity index (χ3v) is 4.28. The Labute approximate surface area is 130 Å². The summed E-state index contributed by atoms with van der Waals surface area (Å²) in [5.74, 6) is 0.0440. The van der Waals surface area contributed by atoms with Gasteiger partial charge >= 0.3 is 0 Å². The number of carbonyl (C=O) groups is 1. The molecule has 116 valence electrons. The van der Waals surface area contributed by atoms with Crippen LogP contribution in [0.2, 0.25) is 0 Å². The summed E-state index contributed by atoms with van der Waals surface area (Å²) in [6, 6.07) is 14.0. The quantitative estimate of drug-likeness (QED) is 0.912. The third-order valence-electron chi connectivity index (χ3n) is 4.28. The van der Waals surface area contributed by atoms with Crippen LogP contribution in [0, 0.1) is 0 Å². The van der Waals surface area contributed by atoms with Crippen LogP contribution in [0.4, 0.5) is 5.69 Å². The minimum atomic E-state index is -0.166. The molecule has 1 saturated heterocycles. The molecule has 0 spiro atoms. The number of piperidine rings is 1. The molecule has 1 amide bonds. The largest absolute Gasteiger partial charge is 0.393 e. The summed E-state index contributed by atoms with van der Waals surface area (Å²) >= 11 is 0. The highest BCUT2D eigenvalue weighted by molar-refractivity contribution is 6.02. The Morgan fingerprint density at radius 1 is 1.14 bits per heavy atom. The van der Waals surface area contributed by atoms with Crippen molar-refractivity contribution in [2.45, 2.75) is 25.4 Å². The first-order valence-electron chi connectivity index (χ1n) is 7.90. The van der Waals surface area contributed by atoms with Gasteiger partial charge in [-0.05, 0) is 24.3 Å². The summed E-state index contributed by atoms with van der Waals surface area (Å²) < 4.78 is 0. The van der Waals surface area contributed by atoms with Gasteiger partial charge in [0.05, 0.1) is 6.10 Å². The molecule has 4 heteroatoms. The number of fused-ring (bicyclic) bond motifs is 1. The van der Waals surface area contributed by atoms with Crippen LogP contribution in [0.5, 0.6) is 0 Å². The van der Waals surface area contributed by atoms with Crippen molar-refractivity contribution in [3.8, 4) is 0 Å². The van der Waals surface area contributed by atoms with Gasteiger partial charge in [0.15, 0.2) is 0 Å². The van der Waals surface area contributed by atoms with Crippen molar-refractivity contribution in [2.24, 2.45) is 0 Å². The average Bonchev–Trinajstić information content (AvgIpc) is 2.55. The predicted octanol–water partition coefficient (Wildman–Crippen LogP) is 2.63. The number of nitrogens with zero attached hydrogens (tertiary/aromatic N) is 1. The van der Waals surface area contributed by atoms with E-state index in [1.165, 1.54) is 0 Å². The molecule has 0 saturated carbocycles. The van der Waals surface area contributed by atoms with Gasteiger partial charge in [-0.1, -0.05) is 36.4 Å². The molecule has 1 fully saturated rings. The maximum absolute atomic E-state index is 12.2. The van der Waals surface area contributed by atoms with Crippen LogP contribution in [0.25, 0.3) is 10.8 Å². The van der Waals surface area contributed by atoms with Crippen LogP contribution in [0.3, 0.4) is 0 Å². The van der Waals surface area contributed by atoms with Crippen molar-refractivity contribution in [2.75, 3.05) is 25.0 Å². The highest BCUT2D eigenvalue weighted by Gasteiger charge is 2.17. The highest BCUT2D eigenvalue weighted by Crippen LogP contribution is 2.23. The second kappa shape index (κ2) is 6.90. The first kappa shape index (κ1) is 15.0. The fourth-order valence-electron chi connectivity index (χ4n) is 2.95. The number of amides is 1. The number of rotatable bonds is 4. The average molecular weight is 298 g/mol. The fourth-order valence-corrected chi connectivity index (χ4v) is 2.95. The van der Waals surface area contributed by atoms with Crippen LogP contribution in [0.15, 0.2) is 42.5 Å². The van der Waals surface area contributed by atoms with Crippen molar-refractivity contribution in [3.05, 3.63) is 42.5 Å². The molecule has 0 atom stereocenters. The lowest BCUT2D eigenvalue weighted by Crippen LogP contribution is -2.37. The van der Waals surface area contributed by atoms with Crippen molar-refractivity contribution in [1.82, 2.24) is 4.90 Å². The number of aliphatic hydroxyl groups is 1. The smallest absolute Gasteiger partial charge is 0.225 e. The van der Waals surface area contributed by atoms with Crippen LogP contribution in [0.1, 0.15) is 19.3 Å². The Morgan fingerprint density at radius 3 is 2.68 bits per heavy atom. The molecular weight excluding hydrogens is 276 g/mol. The van der Waals surface area contributed by atoms with E-state index >= 15 is 0 Å². The van der Waals surface area contributed by atoms with E-state index in [1.54, 1.807) is 0 Å². The summed E-state index contributed by atoms with van der Waals surface area (Å²) in [7, 11) is 0. The molecular formula is C18H22N2O2. The first-order valence-corrected chi connectivity index (χ1v) is 7.90. The van der Waals surface area contributed by atoms with E-state index < -0.39 is 0 Å². The van der Waals surface area contributed by atoms with E-state index in [0.29, 0.717) is 6.42 Å². The van der Waals surface area contributed by atoms with Crippen LogP contribution >= 0.6 is 0 Å². The topological polar surface area (TPSA) is 52.6 Å². The predicted molar refractivity (Wildman–Crippen MR) is 88.9 cm³/mol. The Kier molecular flexibility index (Phi) is 4.71. The molecule has 2 N–H and O–H groups in total. The third kappa shape index (κ3) is 3.64. The zero-order valence-electron chi connectivity index (χ0n) is 12.7. The van der Waals surface area contributed by atoms with Crippen LogP contribution < -0.4 is 5.32 Å². The Morgan fingerprint density at radius 2 is 1.86 bits per heavy atom. The second-order valence-corrected chi connectivity index (χ2v) is 5.90. The van der Waals surface area contributed by atoms with Crippen molar-refractivity contribution in [3.63, 3.8) is 0 Å². The van der Waals surface area contributed by atoms with E-state index in [2.05, 4.69) is 10.2 Å². The van der Waals surface area contributed by atoms with Crippen molar-refractivity contribution >= 4 is 22.4 Å². The SMILES string of the molecule is O=C(CCN1CCC(O)CC1)Nc1cccc2ccccc12. The van der Waals surface area contributed by atoms with Gasteiger partial charge in [0.1, 0.15) is 0 Å². The minimum absolute atomic E-state index is 0.0440. The number of hydrogen-bond donors (Lipinski definition) is 2. The molecule has 1 heterocycles. The lowest BCUT2D eigenvalue weighted by molar-refractivity contribution is -0.116. The maximum Gasteiger partial charge on any atom is 0.225 e. The summed E-state index contributed by atoms with van der Waals surface area (Å²) in [6.07, 6.45) is 1.94. The van der Waals surface area contributed by atoms with Gasteiger partial charge in [-0.15, -0.1) is 0 Å².